The molecule has 7 heteroatoms. The minimum atomic E-state index is -4.47. The predicted molar refractivity (Wildman–Crippen MR) is 62.9 cm³/mol. The quantitative estimate of drug-likeness (QED) is 0.717. The molecule has 0 aromatic heterocycles. The Balaban J connectivity index is 2.71. The maximum Gasteiger partial charge on any atom is 0.414 e. The van der Waals surface area contributed by atoms with Crippen molar-refractivity contribution in [2.24, 2.45) is 5.92 Å². The third-order valence-electron chi connectivity index (χ3n) is 3.37. The molecule has 1 fully saturated rings. The number of rotatable bonds is 8. The largest absolute Gasteiger partial charge is 0.480 e. The molecule has 112 valence electrons. The summed E-state index contributed by atoms with van der Waals surface area (Å²) in [5, 5.41) is 12.2. The van der Waals surface area contributed by atoms with Crippen LogP contribution in [0.2, 0.25) is 0 Å². The van der Waals surface area contributed by atoms with Crippen molar-refractivity contribution < 1.29 is 27.8 Å². The van der Waals surface area contributed by atoms with E-state index >= 15 is 0 Å². The molecule has 1 aliphatic rings. The first kappa shape index (κ1) is 16.2. The molecule has 0 bridgehead atoms. The summed E-state index contributed by atoms with van der Waals surface area (Å²) in [6, 6.07) is 0. The number of hydrogen-bond donors (Lipinski definition) is 2. The van der Waals surface area contributed by atoms with Gasteiger partial charge in [0.1, 0.15) is 5.54 Å². The van der Waals surface area contributed by atoms with Crippen LogP contribution in [-0.2, 0) is 9.53 Å². The summed E-state index contributed by atoms with van der Waals surface area (Å²) in [6.07, 6.45) is -4.33. The van der Waals surface area contributed by atoms with Crippen LogP contribution in [0.25, 0.3) is 0 Å². The van der Waals surface area contributed by atoms with Gasteiger partial charge in [-0.05, 0) is 38.6 Å². The van der Waals surface area contributed by atoms with E-state index in [1.165, 1.54) is 0 Å². The predicted octanol–water partition coefficient (Wildman–Crippen LogP) is 2.19. The Hall–Kier alpha value is -0.820. The molecular formula is C12H20F3NO3. The number of hydrogen-bond acceptors (Lipinski definition) is 3. The molecule has 19 heavy (non-hydrogen) atoms. The van der Waals surface area contributed by atoms with Crippen LogP contribution in [0.5, 0.6) is 0 Å². The van der Waals surface area contributed by atoms with Gasteiger partial charge in [-0.15, -0.1) is 0 Å². The van der Waals surface area contributed by atoms with Crippen molar-refractivity contribution in [2.45, 2.75) is 50.9 Å². The number of carboxylic acids is 1. The average molecular weight is 283 g/mol. The third-order valence-corrected chi connectivity index (χ3v) is 3.37. The maximum absolute atomic E-state index is 12.4. The molecular weight excluding hydrogens is 263 g/mol. The second-order valence-electron chi connectivity index (χ2n) is 4.97. The van der Waals surface area contributed by atoms with Crippen LogP contribution in [0.15, 0.2) is 0 Å². The van der Waals surface area contributed by atoms with E-state index in [1.807, 2.05) is 6.92 Å². The smallest absolute Gasteiger partial charge is 0.414 e. The van der Waals surface area contributed by atoms with Gasteiger partial charge in [-0.25, -0.2) is 0 Å². The van der Waals surface area contributed by atoms with Crippen LogP contribution < -0.4 is 5.32 Å². The van der Waals surface area contributed by atoms with Crippen molar-refractivity contribution in [3.8, 4) is 0 Å². The zero-order chi connectivity index (χ0) is 14.7. The second-order valence-corrected chi connectivity index (χ2v) is 4.97. The number of halogens is 3. The van der Waals surface area contributed by atoms with Gasteiger partial charge in [0.15, 0.2) is 6.10 Å². The molecule has 1 saturated carbocycles. The van der Waals surface area contributed by atoms with Gasteiger partial charge in [-0.3, -0.25) is 10.1 Å². The van der Waals surface area contributed by atoms with Gasteiger partial charge in [0.05, 0.1) is 6.61 Å². The molecule has 2 N–H and O–H groups in total. The van der Waals surface area contributed by atoms with Crippen molar-refractivity contribution in [2.75, 3.05) is 13.2 Å². The van der Waals surface area contributed by atoms with E-state index in [2.05, 4.69) is 5.32 Å². The monoisotopic (exact) mass is 283 g/mol. The van der Waals surface area contributed by atoms with E-state index < -0.39 is 30.4 Å². The van der Waals surface area contributed by atoms with Gasteiger partial charge in [-0.1, -0.05) is 6.92 Å². The van der Waals surface area contributed by atoms with Gasteiger partial charge < -0.3 is 9.84 Å². The van der Waals surface area contributed by atoms with E-state index in [9.17, 15) is 23.1 Å². The summed E-state index contributed by atoms with van der Waals surface area (Å²) in [7, 11) is 0. The molecule has 0 heterocycles. The first-order valence-corrected chi connectivity index (χ1v) is 6.40. The second kappa shape index (κ2) is 6.09. The molecule has 0 aromatic carbocycles. The number of nitrogens with one attached hydrogen (secondary N) is 1. The minimum absolute atomic E-state index is 0.156. The summed E-state index contributed by atoms with van der Waals surface area (Å²) in [4.78, 5) is 11.4. The van der Waals surface area contributed by atoms with Crippen LogP contribution in [0.4, 0.5) is 13.2 Å². The molecule has 0 saturated heterocycles. The summed E-state index contributed by atoms with van der Waals surface area (Å²) in [5.74, 6) is -1.30. The number of ether oxygens (including phenoxy) is 1. The highest BCUT2D eigenvalue weighted by atomic mass is 19.4. The van der Waals surface area contributed by atoms with Crippen molar-refractivity contribution >= 4 is 5.97 Å². The summed E-state index contributed by atoms with van der Waals surface area (Å²) < 4.78 is 42.0. The number of carboxylic acid groups (broad SMARTS) is 1. The van der Waals surface area contributed by atoms with Crippen LogP contribution in [0, 0.1) is 5.92 Å². The van der Waals surface area contributed by atoms with E-state index in [4.69, 9.17) is 4.74 Å². The molecule has 0 radical (unpaired) electrons. The standard InChI is InChI=1S/C12H20F3NO3/c1-3-6-16-11(10(17)18,9-4-5-9)7-19-8(2)12(13,14)15/h8-9,16H,3-7H2,1-2H3,(H,17,18). The van der Waals surface area contributed by atoms with Crippen molar-refractivity contribution in [1.82, 2.24) is 5.32 Å². The normalized spacial score (nSPS) is 20.9. The highest BCUT2D eigenvalue weighted by Crippen LogP contribution is 2.40. The lowest BCUT2D eigenvalue weighted by molar-refractivity contribution is -0.220. The zero-order valence-corrected chi connectivity index (χ0v) is 11.1. The van der Waals surface area contributed by atoms with Crippen molar-refractivity contribution in [3.05, 3.63) is 0 Å². The van der Waals surface area contributed by atoms with Crippen LogP contribution >= 0.6 is 0 Å². The molecule has 1 rings (SSSR count). The molecule has 1 aliphatic carbocycles. The summed E-state index contributed by atoms with van der Waals surface area (Å²) in [5.41, 5.74) is -1.39. The Kier molecular flexibility index (Phi) is 5.20. The fourth-order valence-electron chi connectivity index (χ4n) is 1.90. The Bertz CT molecular complexity index is 318. The maximum atomic E-state index is 12.4. The average Bonchev–Trinajstić information content (AvgIpc) is 3.12. The third kappa shape index (κ3) is 4.07. The zero-order valence-electron chi connectivity index (χ0n) is 11.1. The summed E-state index contributed by atoms with van der Waals surface area (Å²) in [6.45, 7) is 2.73. The molecule has 4 nitrogen and oxygen atoms in total. The lowest BCUT2D eigenvalue weighted by Crippen LogP contribution is -2.58. The molecule has 2 atom stereocenters. The number of aliphatic carboxylic acids is 1. The van der Waals surface area contributed by atoms with Gasteiger partial charge >= 0.3 is 12.1 Å². The summed E-state index contributed by atoms with van der Waals surface area (Å²) >= 11 is 0. The number of alkyl halides is 3. The molecule has 0 aliphatic heterocycles. The number of carbonyl (C=O) groups is 1. The Morgan fingerprint density at radius 2 is 2.05 bits per heavy atom. The Morgan fingerprint density at radius 3 is 2.42 bits per heavy atom. The van der Waals surface area contributed by atoms with Crippen molar-refractivity contribution in [1.29, 1.82) is 0 Å². The first-order valence-electron chi connectivity index (χ1n) is 6.40. The topological polar surface area (TPSA) is 58.6 Å². The Labute approximate surface area is 110 Å². The molecule has 0 amide bonds. The van der Waals surface area contributed by atoms with E-state index in [0.717, 1.165) is 6.92 Å². The molecule has 0 spiro atoms. The fraction of sp³-hybridized carbons (Fsp3) is 0.917. The minimum Gasteiger partial charge on any atom is -0.480 e. The Morgan fingerprint density at radius 1 is 1.47 bits per heavy atom. The van der Waals surface area contributed by atoms with E-state index in [0.29, 0.717) is 25.8 Å². The lowest BCUT2D eigenvalue weighted by Gasteiger charge is -2.32. The fourth-order valence-corrected chi connectivity index (χ4v) is 1.90. The molecule has 0 aromatic rings. The van der Waals surface area contributed by atoms with Gasteiger partial charge in [0.25, 0.3) is 0 Å². The van der Waals surface area contributed by atoms with Crippen LogP contribution in [0.3, 0.4) is 0 Å². The van der Waals surface area contributed by atoms with Crippen molar-refractivity contribution in [3.63, 3.8) is 0 Å². The van der Waals surface area contributed by atoms with E-state index in [1.54, 1.807) is 0 Å². The van der Waals surface area contributed by atoms with E-state index in [-0.39, 0.29) is 5.92 Å². The highest BCUT2D eigenvalue weighted by molar-refractivity contribution is 5.80. The van der Waals surface area contributed by atoms with Gasteiger partial charge in [0, 0.05) is 0 Å². The lowest BCUT2D eigenvalue weighted by atomic mass is 9.94. The first-order chi connectivity index (χ1) is 8.74. The van der Waals surface area contributed by atoms with Crippen LogP contribution in [0.1, 0.15) is 33.1 Å². The van der Waals surface area contributed by atoms with Gasteiger partial charge in [0.2, 0.25) is 0 Å². The molecule has 2 unspecified atom stereocenters. The van der Waals surface area contributed by atoms with Gasteiger partial charge in [-0.2, -0.15) is 13.2 Å². The SMILES string of the molecule is CCCNC(COC(C)C(F)(F)F)(C(=O)O)C1CC1. The van der Waals surface area contributed by atoms with Crippen LogP contribution in [-0.4, -0.2) is 42.0 Å². The highest BCUT2D eigenvalue weighted by Gasteiger charge is 2.52.